The van der Waals surface area contributed by atoms with Crippen LogP contribution in [0.1, 0.15) is 20.7 Å². The molecule has 5 heteroatoms. The van der Waals surface area contributed by atoms with Gasteiger partial charge in [0.05, 0.1) is 12.7 Å². The number of carbonyl (C=O) groups is 2. The van der Waals surface area contributed by atoms with Gasteiger partial charge in [-0.2, -0.15) is 0 Å². The Kier molecular flexibility index (Phi) is 3.76. The second kappa shape index (κ2) is 5.88. The first-order chi connectivity index (χ1) is 11.1. The molecule has 0 aliphatic carbocycles. The van der Waals surface area contributed by atoms with Crippen molar-refractivity contribution in [2.45, 2.75) is 0 Å². The molecule has 1 heterocycles. The van der Waals surface area contributed by atoms with Crippen LogP contribution < -0.4 is 5.73 Å². The molecule has 0 fully saturated rings. The highest BCUT2D eigenvalue weighted by Gasteiger charge is 2.09. The molecule has 23 heavy (non-hydrogen) atoms. The summed E-state index contributed by atoms with van der Waals surface area (Å²) < 4.78 is 4.69. The van der Waals surface area contributed by atoms with Crippen LogP contribution in [-0.4, -0.2) is 24.0 Å². The monoisotopic (exact) mass is 306 g/mol. The van der Waals surface area contributed by atoms with Gasteiger partial charge in [0.15, 0.2) is 0 Å². The predicted molar refractivity (Wildman–Crippen MR) is 87.0 cm³/mol. The number of aromatic nitrogens is 1. The number of amides is 1. The van der Waals surface area contributed by atoms with Crippen LogP contribution in [0.3, 0.4) is 0 Å². The zero-order chi connectivity index (χ0) is 16.4. The lowest BCUT2D eigenvalue weighted by atomic mass is 9.98. The molecule has 0 spiro atoms. The number of hydrogen-bond donors (Lipinski definition) is 1. The number of nitrogens with two attached hydrogens (primary N) is 1. The Morgan fingerprint density at radius 3 is 2.35 bits per heavy atom. The fraction of sp³-hybridized carbons (Fsp3) is 0.0556. The van der Waals surface area contributed by atoms with E-state index in [2.05, 4.69) is 4.98 Å². The summed E-state index contributed by atoms with van der Waals surface area (Å²) in [6.45, 7) is 0. The summed E-state index contributed by atoms with van der Waals surface area (Å²) in [7, 11) is 1.34. The molecule has 0 aliphatic heterocycles. The van der Waals surface area contributed by atoms with Gasteiger partial charge in [-0.3, -0.25) is 9.78 Å². The summed E-state index contributed by atoms with van der Waals surface area (Å²) in [5.74, 6) is -0.862. The molecule has 0 atom stereocenters. The number of benzene rings is 2. The van der Waals surface area contributed by atoms with Crippen molar-refractivity contribution in [1.82, 2.24) is 4.98 Å². The Morgan fingerprint density at radius 1 is 1.00 bits per heavy atom. The lowest BCUT2D eigenvalue weighted by Crippen LogP contribution is -2.10. The maximum atomic E-state index is 11.5. The number of carbonyl (C=O) groups excluding carboxylic acids is 2. The van der Waals surface area contributed by atoms with Crippen molar-refractivity contribution in [2.24, 2.45) is 5.73 Å². The van der Waals surface area contributed by atoms with Gasteiger partial charge in [-0.05, 0) is 35.2 Å². The Labute approximate surface area is 132 Å². The molecular weight excluding hydrogens is 292 g/mol. The summed E-state index contributed by atoms with van der Waals surface area (Å²) in [5, 5.41) is 1.78. The minimum atomic E-state index is -0.476. The first-order valence-electron chi connectivity index (χ1n) is 6.96. The Hall–Kier alpha value is -3.21. The second-order valence-corrected chi connectivity index (χ2v) is 5.06. The number of fused-ring (bicyclic) bond motifs is 1. The van der Waals surface area contributed by atoms with Gasteiger partial charge in [-0.15, -0.1) is 0 Å². The van der Waals surface area contributed by atoms with Gasteiger partial charge in [0.1, 0.15) is 0 Å². The van der Waals surface area contributed by atoms with Gasteiger partial charge >= 0.3 is 5.97 Å². The van der Waals surface area contributed by atoms with Crippen LogP contribution in [0.2, 0.25) is 0 Å². The van der Waals surface area contributed by atoms with Gasteiger partial charge in [-0.25, -0.2) is 4.79 Å². The van der Waals surface area contributed by atoms with Crippen molar-refractivity contribution in [3.05, 3.63) is 66.0 Å². The van der Waals surface area contributed by atoms with Crippen molar-refractivity contribution in [1.29, 1.82) is 0 Å². The fourth-order valence-electron chi connectivity index (χ4n) is 2.45. The fourth-order valence-corrected chi connectivity index (χ4v) is 2.45. The summed E-state index contributed by atoms with van der Waals surface area (Å²) in [4.78, 5) is 27.1. The van der Waals surface area contributed by atoms with Crippen LogP contribution in [0, 0.1) is 0 Å². The first-order valence-corrected chi connectivity index (χ1v) is 6.96. The SMILES string of the molecule is COC(=O)c1ccc(-c2cncc3ccc(C(N)=O)cc23)cc1. The number of ether oxygens (including phenoxy) is 1. The van der Waals surface area contributed by atoms with E-state index in [9.17, 15) is 9.59 Å². The summed E-state index contributed by atoms with van der Waals surface area (Å²) >= 11 is 0. The molecule has 0 aliphatic rings. The van der Waals surface area contributed by atoms with E-state index in [4.69, 9.17) is 10.5 Å². The molecule has 0 bridgehead atoms. The van der Waals surface area contributed by atoms with Crippen molar-refractivity contribution in [3.8, 4) is 11.1 Å². The van der Waals surface area contributed by atoms with E-state index in [0.29, 0.717) is 11.1 Å². The Balaban J connectivity index is 2.13. The number of rotatable bonds is 3. The molecule has 2 N–H and O–H groups in total. The smallest absolute Gasteiger partial charge is 0.337 e. The highest BCUT2D eigenvalue weighted by molar-refractivity contribution is 6.02. The van der Waals surface area contributed by atoms with Crippen molar-refractivity contribution in [3.63, 3.8) is 0 Å². The van der Waals surface area contributed by atoms with Crippen LogP contribution in [0.15, 0.2) is 54.9 Å². The first kappa shape index (κ1) is 14.7. The van der Waals surface area contributed by atoms with E-state index in [0.717, 1.165) is 21.9 Å². The minimum absolute atomic E-state index is 0.386. The predicted octanol–water partition coefficient (Wildman–Crippen LogP) is 2.79. The molecule has 0 saturated carbocycles. The third-order valence-electron chi connectivity index (χ3n) is 3.66. The third kappa shape index (κ3) is 2.76. The molecule has 5 nitrogen and oxygen atoms in total. The van der Waals surface area contributed by atoms with E-state index in [1.54, 1.807) is 36.7 Å². The molecule has 0 unspecified atom stereocenters. The highest BCUT2D eigenvalue weighted by atomic mass is 16.5. The molecule has 1 amide bonds. The van der Waals surface area contributed by atoms with Crippen molar-refractivity contribution in [2.75, 3.05) is 7.11 Å². The summed E-state index contributed by atoms with van der Waals surface area (Å²) in [6.07, 6.45) is 3.45. The van der Waals surface area contributed by atoms with Crippen LogP contribution in [0.4, 0.5) is 0 Å². The van der Waals surface area contributed by atoms with E-state index in [1.165, 1.54) is 7.11 Å². The standard InChI is InChI=1S/C18H14N2O3/c1-23-18(22)12-4-2-11(3-5-12)16-10-20-9-14-7-6-13(17(19)21)8-15(14)16/h2-10H,1H3,(H2,19,21). The Bertz CT molecular complexity index is 902. The van der Waals surface area contributed by atoms with E-state index >= 15 is 0 Å². The number of methoxy groups -OCH3 is 1. The van der Waals surface area contributed by atoms with Gasteiger partial charge < -0.3 is 10.5 Å². The average Bonchev–Trinajstić information content (AvgIpc) is 2.60. The Morgan fingerprint density at radius 2 is 1.70 bits per heavy atom. The molecule has 3 rings (SSSR count). The summed E-state index contributed by atoms with van der Waals surface area (Å²) in [5.41, 5.74) is 8.02. The lowest BCUT2D eigenvalue weighted by molar-refractivity contribution is 0.0600. The number of nitrogens with zero attached hydrogens (tertiary/aromatic N) is 1. The van der Waals surface area contributed by atoms with Crippen molar-refractivity contribution < 1.29 is 14.3 Å². The molecule has 1 aromatic heterocycles. The molecule has 2 aromatic carbocycles. The average molecular weight is 306 g/mol. The third-order valence-corrected chi connectivity index (χ3v) is 3.66. The van der Waals surface area contributed by atoms with Crippen LogP contribution in [0.5, 0.6) is 0 Å². The van der Waals surface area contributed by atoms with Crippen molar-refractivity contribution >= 4 is 22.6 Å². The molecule has 3 aromatic rings. The maximum Gasteiger partial charge on any atom is 0.337 e. The number of primary amides is 1. The number of hydrogen-bond acceptors (Lipinski definition) is 4. The largest absolute Gasteiger partial charge is 0.465 e. The van der Waals surface area contributed by atoms with Gasteiger partial charge in [0.25, 0.3) is 0 Å². The normalized spacial score (nSPS) is 10.5. The van der Waals surface area contributed by atoms with E-state index in [-0.39, 0.29) is 5.97 Å². The van der Waals surface area contributed by atoms with Gasteiger partial charge in [-0.1, -0.05) is 18.2 Å². The zero-order valence-corrected chi connectivity index (χ0v) is 12.4. The maximum absolute atomic E-state index is 11.5. The zero-order valence-electron chi connectivity index (χ0n) is 12.4. The second-order valence-electron chi connectivity index (χ2n) is 5.06. The molecule has 0 radical (unpaired) electrons. The summed E-state index contributed by atoms with van der Waals surface area (Å²) in [6, 6.07) is 12.3. The highest BCUT2D eigenvalue weighted by Crippen LogP contribution is 2.28. The van der Waals surface area contributed by atoms with Gasteiger partial charge in [0, 0.05) is 28.9 Å². The van der Waals surface area contributed by atoms with E-state index < -0.39 is 5.91 Å². The number of esters is 1. The van der Waals surface area contributed by atoms with Gasteiger partial charge in [0.2, 0.25) is 5.91 Å². The van der Waals surface area contributed by atoms with E-state index in [1.807, 2.05) is 18.2 Å². The molecule has 0 saturated heterocycles. The topological polar surface area (TPSA) is 82.3 Å². The van der Waals surface area contributed by atoms with Crippen LogP contribution >= 0.6 is 0 Å². The minimum Gasteiger partial charge on any atom is -0.465 e. The molecule has 114 valence electrons. The van der Waals surface area contributed by atoms with Crippen LogP contribution in [0.25, 0.3) is 21.9 Å². The number of pyridine rings is 1. The van der Waals surface area contributed by atoms with Crippen LogP contribution in [-0.2, 0) is 4.74 Å². The quantitative estimate of drug-likeness (QED) is 0.754. The lowest BCUT2D eigenvalue weighted by Gasteiger charge is -2.08. The molecular formula is C18H14N2O3.